The molecule has 1 heterocycles. The van der Waals surface area contributed by atoms with Crippen molar-refractivity contribution >= 4 is 28.2 Å². The van der Waals surface area contributed by atoms with Crippen LogP contribution in [0.4, 0.5) is 5.69 Å². The summed E-state index contributed by atoms with van der Waals surface area (Å²) in [6, 6.07) is 10.8. The molecule has 0 amide bonds. The minimum absolute atomic E-state index is 0.424. The van der Waals surface area contributed by atoms with Gasteiger partial charge in [0.2, 0.25) is 0 Å². The Labute approximate surface area is 113 Å². The van der Waals surface area contributed by atoms with E-state index in [1.807, 2.05) is 19.1 Å². The molecule has 1 unspecified atom stereocenters. The van der Waals surface area contributed by atoms with Crippen molar-refractivity contribution in [2.45, 2.75) is 32.7 Å². The van der Waals surface area contributed by atoms with Crippen molar-refractivity contribution in [2.75, 3.05) is 11.2 Å². The monoisotopic (exact) mass is 262 g/mol. The van der Waals surface area contributed by atoms with E-state index in [4.69, 9.17) is 11.6 Å². The van der Waals surface area contributed by atoms with Gasteiger partial charge in [-0.15, -0.1) is 11.6 Å². The van der Waals surface area contributed by atoms with Gasteiger partial charge in [0.25, 0.3) is 0 Å². The summed E-state index contributed by atoms with van der Waals surface area (Å²) in [5.41, 5.74) is 3.24. The maximum Gasteiger partial charge on any atom is 0.0725 e. The summed E-state index contributed by atoms with van der Waals surface area (Å²) in [5, 5.41) is 4.77. The number of pyridine rings is 1. The van der Waals surface area contributed by atoms with E-state index in [1.54, 1.807) is 0 Å². The molecule has 2 rings (SSSR count). The molecule has 0 aliphatic carbocycles. The molecule has 2 aromatic rings. The van der Waals surface area contributed by atoms with Gasteiger partial charge in [-0.25, -0.2) is 0 Å². The maximum atomic E-state index is 5.84. The zero-order valence-electron chi connectivity index (χ0n) is 10.9. The minimum Gasteiger partial charge on any atom is -0.382 e. The second kappa shape index (κ2) is 6.05. The van der Waals surface area contributed by atoms with E-state index in [-0.39, 0.29) is 0 Å². The lowest BCUT2D eigenvalue weighted by Gasteiger charge is -2.19. The molecular weight excluding hydrogens is 244 g/mol. The maximum absolute atomic E-state index is 5.84. The fraction of sp³-hybridized carbons (Fsp3) is 0.400. The smallest absolute Gasteiger partial charge is 0.0725 e. The number of rotatable bonds is 5. The van der Waals surface area contributed by atoms with E-state index < -0.39 is 0 Å². The second-order valence-corrected chi connectivity index (χ2v) is 4.93. The fourth-order valence-corrected chi connectivity index (χ4v) is 2.42. The highest BCUT2D eigenvalue weighted by molar-refractivity contribution is 6.17. The molecule has 0 saturated carbocycles. The van der Waals surface area contributed by atoms with Crippen LogP contribution in [0.1, 0.15) is 25.5 Å². The van der Waals surface area contributed by atoms with Crippen LogP contribution < -0.4 is 5.32 Å². The van der Waals surface area contributed by atoms with Crippen LogP contribution in [0, 0.1) is 6.92 Å². The van der Waals surface area contributed by atoms with Crippen LogP contribution in [0.3, 0.4) is 0 Å². The molecule has 0 aliphatic heterocycles. The molecule has 0 radical (unpaired) electrons. The van der Waals surface area contributed by atoms with Gasteiger partial charge in [-0.2, -0.15) is 0 Å². The van der Waals surface area contributed by atoms with E-state index in [9.17, 15) is 0 Å². The van der Waals surface area contributed by atoms with Crippen molar-refractivity contribution in [1.82, 2.24) is 4.98 Å². The number of para-hydroxylation sites is 1. The summed E-state index contributed by atoms with van der Waals surface area (Å²) < 4.78 is 0. The Morgan fingerprint density at radius 2 is 2.11 bits per heavy atom. The van der Waals surface area contributed by atoms with Gasteiger partial charge in [0.05, 0.1) is 5.52 Å². The molecule has 0 aliphatic rings. The summed E-state index contributed by atoms with van der Waals surface area (Å²) in [6.07, 6.45) is 2.05. The van der Waals surface area contributed by atoms with Gasteiger partial charge in [-0.3, -0.25) is 4.98 Å². The molecular formula is C15H19ClN2. The Balaban J connectivity index is 2.37. The first-order valence-corrected chi connectivity index (χ1v) is 6.97. The largest absolute Gasteiger partial charge is 0.382 e. The molecule has 3 heteroatoms. The molecule has 0 bridgehead atoms. The molecule has 1 aromatic heterocycles. The minimum atomic E-state index is 0.424. The Morgan fingerprint density at radius 3 is 2.83 bits per heavy atom. The Bertz CT molecular complexity index is 525. The number of alkyl halides is 1. The molecule has 1 aromatic carbocycles. The van der Waals surface area contributed by atoms with Crippen molar-refractivity contribution in [3.8, 4) is 0 Å². The van der Waals surface area contributed by atoms with Gasteiger partial charge in [0, 0.05) is 28.7 Å². The fourth-order valence-electron chi connectivity index (χ4n) is 2.16. The van der Waals surface area contributed by atoms with Gasteiger partial charge < -0.3 is 5.32 Å². The van der Waals surface area contributed by atoms with Gasteiger partial charge in [-0.05, 0) is 31.9 Å². The highest BCUT2D eigenvalue weighted by atomic mass is 35.5. The first-order valence-electron chi connectivity index (χ1n) is 6.43. The second-order valence-electron chi connectivity index (χ2n) is 4.56. The molecule has 18 heavy (non-hydrogen) atoms. The van der Waals surface area contributed by atoms with Gasteiger partial charge in [0.1, 0.15) is 0 Å². The van der Waals surface area contributed by atoms with Crippen molar-refractivity contribution in [1.29, 1.82) is 0 Å². The average Bonchev–Trinajstić information content (AvgIpc) is 2.38. The topological polar surface area (TPSA) is 24.9 Å². The lowest BCUT2D eigenvalue weighted by atomic mass is 10.1. The third kappa shape index (κ3) is 2.94. The molecule has 2 nitrogen and oxygen atoms in total. The number of hydrogen-bond acceptors (Lipinski definition) is 2. The summed E-state index contributed by atoms with van der Waals surface area (Å²) >= 11 is 5.84. The van der Waals surface area contributed by atoms with Crippen molar-refractivity contribution in [3.63, 3.8) is 0 Å². The van der Waals surface area contributed by atoms with E-state index in [1.165, 1.54) is 5.39 Å². The molecule has 1 N–H and O–H groups in total. The Morgan fingerprint density at radius 1 is 1.33 bits per heavy atom. The third-order valence-electron chi connectivity index (χ3n) is 3.15. The number of aromatic nitrogens is 1. The number of nitrogens with one attached hydrogen (secondary N) is 1. The lowest BCUT2D eigenvalue weighted by molar-refractivity contribution is 0.676. The van der Waals surface area contributed by atoms with Crippen LogP contribution in [0.15, 0.2) is 30.3 Å². The Kier molecular flexibility index (Phi) is 4.43. The zero-order valence-corrected chi connectivity index (χ0v) is 11.7. The summed E-state index contributed by atoms with van der Waals surface area (Å²) in [6.45, 7) is 4.21. The van der Waals surface area contributed by atoms with Crippen molar-refractivity contribution < 1.29 is 0 Å². The highest BCUT2D eigenvalue weighted by Crippen LogP contribution is 2.24. The number of halogens is 1. The predicted molar refractivity (Wildman–Crippen MR) is 79.5 cm³/mol. The zero-order chi connectivity index (χ0) is 13.0. The number of fused-ring (bicyclic) bond motifs is 1. The number of hydrogen-bond donors (Lipinski definition) is 1. The molecule has 0 fully saturated rings. The van der Waals surface area contributed by atoms with Gasteiger partial charge in [0.15, 0.2) is 0 Å². The van der Waals surface area contributed by atoms with Crippen LogP contribution in [-0.2, 0) is 0 Å². The number of aryl methyl sites for hydroxylation is 1. The number of benzene rings is 1. The summed E-state index contributed by atoms with van der Waals surface area (Å²) in [7, 11) is 0. The number of nitrogens with zero attached hydrogens (tertiary/aromatic N) is 1. The summed E-state index contributed by atoms with van der Waals surface area (Å²) in [4.78, 5) is 4.55. The molecule has 0 saturated heterocycles. The Hall–Kier alpha value is -1.28. The van der Waals surface area contributed by atoms with Gasteiger partial charge >= 0.3 is 0 Å². The molecule has 96 valence electrons. The van der Waals surface area contributed by atoms with Gasteiger partial charge in [-0.1, -0.05) is 25.1 Å². The van der Waals surface area contributed by atoms with Crippen molar-refractivity contribution in [2.24, 2.45) is 0 Å². The van der Waals surface area contributed by atoms with Crippen LogP contribution in [0.25, 0.3) is 10.9 Å². The van der Waals surface area contributed by atoms with E-state index in [2.05, 4.69) is 35.4 Å². The van der Waals surface area contributed by atoms with Crippen LogP contribution in [-0.4, -0.2) is 16.9 Å². The first kappa shape index (κ1) is 13.2. The SMILES string of the molecule is CCC(CCCl)Nc1cc(C)nc2ccccc12. The molecule has 0 spiro atoms. The standard InChI is InChI=1S/C15H19ClN2/c1-3-12(8-9-16)18-15-10-11(2)17-14-7-5-4-6-13(14)15/h4-7,10,12H,3,8-9H2,1-2H3,(H,17,18). The normalized spacial score (nSPS) is 12.6. The van der Waals surface area contributed by atoms with Crippen molar-refractivity contribution in [3.05, 3.63) is 36.0 Å². The van der Waals surface area contributed by atoms with E-state index in [0.717, 1.165) is 29.7 Å². The highest BCUT2D eigenvalue weighted by Gasteiger charge is 2.09. The lowest BCUT2D eigenvalue weighted by Crippen LogP contribution is -2.19. The summed E-state index contributed by atoms with van der Waals surface area (Å²) in [5.74, 6) is 0.688. The van der Waals surface area contributed by atoms with Crippen LogP contribution in [0.5, 0.6) is 0 Å². The number of anilines is 1. The molecule has 1 atom stereocenters. The average molecular weight is 263 g/mol. The third-order valence-corrected chi connectivity index (χ3v) is 3.37. The van der Waals surface area contributed by atoms with E-state index >= 15 is 0 Å². The van der Waals surface area contributed by atoms with Crippen LogP contribution >= 0.6 is 11.6 Å². The van der Waals surface area contributed by atoms with Crippen LogP contribution in [0.2, 0.25) is 0 Å². The van der Waals surface area contributed by atoms with E-state index in [0.29, 0.717) is 11.9 Å². The first-order chi connectivity index (χ1) is 8.74. The predicted octanol–water partition coefficient (Wildman–Crippen LogP) is 4.36. The quantitative estimate of drug-likeness (QED) is 0.810.